The first kappa shape index (κ1) is 18.9. The second-order valence-electron chi connectivity index (χ2n) is 5.84. The summed E-state index contributed by atoms with van der Waals surface area (Å²) >= 11 is 0. The Morgan fingerprint density at radius 1 is 1.16 bits per heavy atom. The zero-order valence-corrected chi connectivity index (χ0v) is 15.2. The van der Waals surface area contributed by atoms with Crippen LogP contribution in [0.3, 0.4) is 0 Å². The number of rotatable bonds is 8. The van der Waals surface area contributed by atoms with E-state index in [0.29, 0.717) is 31.1 Å². The molecule has 0 aliphatic rings. The van der Waals surface area contributed by atoms with E-state index in [2.05, 4.69) is 10.3 Å². The van der Waals surface area contributed by atoms with E-state index in [1.807, 2.05) is 55.4 Å². The Morgan fingerprint density at radius 2 is 1.96 bits per heavy atom. The van der Waals surface area contributed by atoms with Crippen LogP contribution in [-0.2, 0) is 16.1 Å². The lowest BCUT2D eigenvalue weighted by Crippen LogP contribution is -2.29. The summed E-state index contributed by atoms with van der Waals surface area (Å²) in [6.07, 6.45) is 0. The normalized spacial score (nSPS) is 10.6. The fourth-order valence-corrected chi connectivity index (χ4v) is 2.48. The summed E-state index contributed by atoms with van der Waals surface area (Å²) in [6, 6.07) is 11.7. The van der Waals surface area contributed by atoms with Gasteiger partial charge in [-0.05, 0) is 23.8 Å². The van der Waals surface area contributed by atoms with E-state index < -0.39 is 0 Å². The molecule has 25 heavy (non-hydrogen) atoms. The highest BCUT2D eigenvalue weighted by Crippen LogP contribution is 2.24. The fourth-order valence-electron chi connectivity index (χ4n) is 2.48. The number of pyridine rings is 1. The molecule has 6 nitrogen and oxygen atoms in total. The van der Waals surface area contributed by atoms with E-state index >= 15 is 0 Å². The van der Waals surface area contributed by atoms with Gasteiger partial charge < -0.3 is 19.7 Å². The van der Waals surface area contributed by atoms with Crippen molar-refractivity contribution in [3.05, 3.63) is 47.5 Å². The minimum Gasteiger partial charge on any atom is -0.383 e. The molecular weight excluding hydrogens is 318 g/mol. The first-order chi connectivity index (χ1) is 12.1. The molecule has 0 aliphatic heterocycles. The molecule has 134 valence electrons. The number of benzene rings is 1. The minimum absolute atomic E-state index is 0.159. The van der Waals surface area contributed by atoms with Crippen molar-refractivity contribution in [2.45, 2.75) is 6.61 Å². The van der Waals surface area contributed by atoms with Crippen LogP contribution in [-0.4, -0.2) is 52.4 Å². The highest BCUT2D eigenvalue weighted by Gasteiger charge is 2.15. The Bertz CT molecular complexity index is 717. The van der Waals surface area contributed by atoms with E-state index in [0.717, 1.165) is 16.8 Å². The molecule has 2 aromatic rings. The van der Waals surface area contributed by atoms with Crippen molar-refractivity contribution in [3.8, 4) is 11.3 Å². The number of nitrogens with zero attached hydrogens (tertiary/aromatic N) is 2. The van der Waals surface area contributed by atoms with Gasteiger partial charge in [0.1, 0.15) is 5.82 Å². The van der Waals surface area contributed by atoms with Crippen molar-refractivity contribution in [3.63, 3.8) is 0 Å². The van der Waals surface area contributed by atoms with Gasteiger partial charge in [0, 0.05) is 40.4 Å². The van der Waals surface area contributed by atoms with Gasteiger partial charge in [0.25, 0.3) is 5.91 Å². The quantitative estimate of drug-likeness (QED) is 0.746. The molecule has 0 atom stereocenters. The standard InChI is InChI=1S/C19H25N3O3/c1-22(2)18-16(19(23)20-10-11-24-3)8-9-17(21-18)15-7-5-6-14(12-15)13-25-4/h5-9,12H,10-11,13H2,1-4H3,(H,20,23). The Labute approximate surface area is 148 Å². The van der Waals surface area contributed by atoms with Crippen LogP contribution in [0.15, 0.2) is 36.4 Å². The van der Waals surface area contributed by atoms with Crippen LogP contribution in [0.25, 0.3) is 11.3 Å². The molecule has 0 unspecified atom stereocenters. The number of methoxy groups -OCH3 is 2. The maximum absolute atomic E-state index is 12.4. The van der Waals surface area contributed by atoms with E-state index in [-0.39, 0.29) is 5.91 Å². The molecule has 1 amide bonds. The second-order valence-corrected chi connectivity index (χ2v) is 5.84. The Kier molecular flexibility index (Phi) is 6.91. The average Bonchev–Trinajstić information content (AvgIpc) is 2.62. The number of carbonyl (C=O) groups excluding carboxylic acids is 1. The number of anilines is 1. The van der Waals surface area contributed by atoms with Crippen molar-refractivity contribution < 1.29 is 14.3 Å². The van der Waals surface area contributed by atoms with Crippen molar-refractivity contribution in [2.24, 2.45) is 0 Å². The first-order valence-electron chi connectivity index (χ1n) is 8.10. The first-order valence-corrected chi connectivity index (χ1v) is 8.10. The third-order valence-corrected chi connectivity index (χ3v) is 3.67. The van der Waals surface area contributed by atoms with Crippen molar-refractivity contribution in [1.82, 2.24) is 10.3 Å². The number of nitrogens with one attached hydrogen (secondary N) is 1. The molecule has 0 fully saturated rings. The summed E-state index contributed by atoms with van der Waals surface area (Å²) in [5.41, 5.74) is 3.42. The topological polar surface area (TPSA) is 63.7 Å². The van der Waals surface area contributed by atoms with Crippen LogP contribution in [0.5, 0.6) is 0 Å². The third-order valence-electron chi connectivity index (χ3n) is 3.67. The maximum Gasteiger partial charge on any atom is 0.255 e. The van der Waals surface area contributed by atoms with Crippen LogP contribution in [0.4, 0.5) is 5.82 Å². The second kappa shape index (κ2) is 9.15. The molecule has 2 rings (SSSR count). The summed E-state index contributed by atoms with van der Waals surface area (Å²) < 4.78 is 10.1. The Balaban J connectivity index is 2.32. The molecule has 0 bridgehead atoms. The minimum atomic E-state index is -0.159. The predicted molar refractivity (Wildman–Crippen MR) is 98.9 cm³/mol. The van der Waals surface area contributed by atoms with Crippen LogP contribution < -0.4 is 10.2 Å². The summed E-state index contributed by atoms with van der Waals surface area (Å²) in [5.74, 6) is 0.470. The van der Waals surface area contributed by atoms with Gasteiger partial charge in [0.2, 0.25) is 0 Å². The molecule has 0 saturated carbocycles. The lowest BCUT2D eigenvalue weighted by molar-refractivity contribution is 0.0937. The van der Waals surface area contributed by atoms with Gasteiger partial charge in [-0.3, -0.25) is 4.79 Å². The van der Waals surface area contributed by atoms with Gasteiger partial charge >= 0.3 is 0 Å². The van der Waals surface area contributed by atoms with Crippen LogP contribution in [0.1, 0.15) is 15.9 Å². The SMILES string of the molecule is COCCNC(=O)c1ccc(-c2cccc(COC)c2)nc1N(C)C. The summed E-state index contributed by atoms with van der Waals surface area (Å²) in [4.78, 5) is 18.9. The van der Waals surface area contributed by atoms with Gasteiger partial charge in [0.05, 0.1) is 24.5 Å². The molecule has 6 heteroatoms. The number of carbonyl (C=O) groups is 1. The molecule has 0 saturated heterocycles. The average molecular weight is 343 g/mol. The van der Waals surface area contributed by atoms with Crippen LogP contribution >= 0.6 is 0 Å². The number of aromatic nitrogens is 1. The largest absolute Gasteiger partial charge is 0.383 e. The molecule has 1 aromatic heterocycles. The smallest absolute Gasteiger partial charge is 0.255 e. The zero-order chi connectivity index (χ0) is 18.2. The maximum atomic E-state index is 12.4. The molecule has 0 radical (unpaired) electrons. The van der Waals surface area contributed by atoms with E-state index in [9.17, 15) is 4.79 Å². The molecule has 0 spiro atoms. The summed E-state index contributed by atoms with van der Waals surface area (Å²) in [7, 11) is 7.02. The zero-order valence-electron chi connectivity index (χ0n) is 15.2. The number of hydrogen-bond donors (Lipinski definition) is 1. The van der Waals surface area contributed by atoms with E-state index in [4.69, 9.17) is 9.47 Å². The van der Waals surface area contributed by atoms with E-state index in [1.165, 1.54) is 0 Å². The van der Waals surface area contributed by atoms with Gasteiger partial charge in [-0.15, -0.1) is 0 Å². The van der Waals surface area contributed by atoms with Gasteiger partial charge in [-0.2, -0.15) is 0 Å². The van der Waals surface area contributed by atoms with Crippen molar-refractivity contribution in [1.29, 1.82) is 0 Å². The van der Waals surface area contributed by atoms with Crippen molar-refractivity contribution >= 4 is 11.7 Å². The summed E-state index contributed by atoms with van der Waals surface area (Å²) in [6.45, 7) is 1.48. The lowest BCUT2D eigenvalue weighted by Gasteiger charge is -2.17. The van der Waals surface area contributed by atoms with Crippen LogP contribution in [0, 0.1) is 0 Å². The van der Waals surface area contributed by atoms with E-state index in [1.54, 1.807) is 14.2 Å². The van der Waals surface area contributed by atoms with Crippen LogP contribution in [0.2, 0.25) is 0 Å². The van der Waals surface area contributed by atoms with Gasteiger partial charge in [-0.25, -0.2) is 4.98 Å². The molecule has 1 N–H and O–H groups in total. The Morgan fingerprint density at radius 3 is 2.64 bits per heavy atom. The molecule has 1 aromatic carbocycles. The third kappa shape index (κ3) is 5.01. The monoisotopic (exact) mass is 343 g/mol. The number of amides is 1. The number of ether oxygens (including phenoxy) is 2. The van der Waals surface area contributed by atoms with Gasteiger partial charge in [0.15, 0.2) is 0 Å². The van der Waals surface area contributed by atoms with Crippen molar-refractivity contribution in [2.75, 3.05) is 46.4 Å². The fraction of sp³-hybridized carbons (Fsp3) is 0.368. The summed E-state index contributed by atoms with van der Waals surface area (Å²) in [5, 5.41) is 2.83. The van der Waals surface area contributed by atoms with Gasteiger partial charge in [-0.1, -0.05) is 18.2 Å². The number of hydrogen-bond acceptors (Lipinski definition) is 5. The molecular formula is C19H25N3O3. The lowest BCUT2D eigenvalue weighted by atomic mass is 10.1. The molecule has 0 aliphatic carbocycles. The Hall–Kier alpha value is -2.44. The highest BCUT2D eigenvalue weighted by atomic mass is 16.5. The molecule has 1 heterocycles. The predicted octanol–water partition coefficient (Wildman–Crippen LogP) is 2.34. The highest BCUT2D eigenvalue weighted by molar-refractivity contribution is 5.99.